The van der Waals surface area contributed by atoms with Crippen molar-refractivity contribution in [1.82, 2.24) is 25.5 Å². The third-order valence-corrected chi connectivity index (χ3v) is 5.27. The van der Waals surface area contributed by atoms with Gasteiger partial charge in [0.1, 0.15) is 12.3 Å². The average Bonchev–Trinajstić information content (AvgIpc) is 3.23. The van der Waals surface area contributed by atoms with Crippen molar-refractivity contribution in [3.05, 3.63) is 48.5 Å². The van der Waals surface area contributed by atoms with E-state index in [-0.39, 0.29) is 18.5 Å². The van der Waals surface area contributed by atoms with Gasteiger partial charge in [0.25, 0.3) is 0 Å². The van der Waals surface area contributed by atoms with Crippen molar-refractivity contribution in [2.24, 2.45) is 0 Å². The number of hydrogen-bond acceptors (Lipinski definition) is 5. The highest BCUT2D eigenvalue weighted by molar-refractivity contribution is 5.76. The Labute approximate surface area is 170 Å². The third kappa shape index (κ3) is 4.80. The molecule has 0 atom stereocenters. The number of rotatable bonds is 6. The standard InChI is InChI=1S/C22H25N5O2/c1-29-20-13-11-17(12-14-20)16-7-9-18(10-8-16)22-24-26-27(25-22)15-21(28)23-19-5-3-2-4-6-19/h7-14,19H,2-6,15H2,1H3,(H,23,28). The van der Waals surface area contributed by atoms with Crippen LogP contribution in [-0.4, -0.2) is 39.3 Å². The van der Waals surface area contributed by atoms with E-state index in [1.54, 1.807) is 7.11 Å². The molecule has 1 amide bonds. The number of nitrogens with one attached hydrogen (secondary N) is 1. The van der Waals surface area contributed by atoms with Gasteiger partial charge in [0.05, 0.1) is 7.11 Å². The van der Waals surface area contributed by atoms with Crippen LogP contribution in [0.4, 0.5) is 0 Å². The first kappa shape index (κ1) is 19.1. The molecule has 0 bridgehead atoms. The Balaban J connectivity index is 1.38. The molecule has 3 aromatic rings. The Morgan fingerprint density at radius 1 is 1.00 bits per heavy atom. The summed E-state index contributed by atoms with van der Waals surface area (Å²) in [5.74, 6) is 1.28. The van der Waals surface area contributed by atoms with Gasteiger partial charge in [-0.1, -0.05) is 55.7 Å². The zero-order valence-electron chi connectivity index (χ0n) is 16.5. The van der Waals surface area contributed by atoms with Gasteiger partial charge in [-0.3, -0.25) is 4.79 Å². The number of methoxy groups -OCH3 is 1. The summed E-state index contributed by atoms with van der Waals surface area (Å²) >= 11 is 0. The average molecular weight is 391 g/mol. The van der Waals surface area contributed by atoms with Crippen LogP contribution in [0.15, 0.2) is 48.5 Å². The van der Waals surface area contributed by atoms with E-state index < -0.39 is 0 Å². The lowest BCUT2D eigenvalue weighted by Gasteiger charge is -2.22. The second-order valence-corrected chi connectivity index (χ2v) is 7.35. The lowest BCUT2D eigenvalue weighted by atomic mass is 9.95. The summed E-state index contributed by atoms with van der Waals surface area (Å²) in [6, 6.07) is 16.2. The monoisotopic (exact) mass is 391 g/mol. The first-order valence-corrected chi connectivity index (χ1v) is 10.0. The van der Waals surface area contributed by atoms with Crippen LogP contribution in [0.3, 0.4) is 0 Å². The topological polar surface area (TPSA) is 81.9 Å². The maximum Gasteiger partial charge on any atom is 0.243 e. The van der Waals surface area contributed by atoms with Gasteiger partial charge < -0.3 is 10.1 Å². The van der Waals surface area contributed by atoms with Crippen LogP contribution in [0, 0.1) is 0 Å². The Kier molecular flexibility index (Phi) is 5.84. The molecular formula is C22H25N5O2. The van der Waals surface area contributed by atoms with Crippen molar-refractivity contribution < 1.29 is 9.53 Å². The number of benzene rings is 2. The summed E-state index contributed by atoms with van der Waals surface area (Å²) in [6.45, 7) is 0.0907. The highest BCUT2D eigenvalue weighted by Gasteiger charge is 2.17. The summed E-state index contributed by atoms with van der Waals surface area (Å²) < 4.78 is 5.20. The predicted molar refractivity (Wildman–Crippen MR) is 110 cm³/mol. The van der Waals surface area contributed by atoms with Crippen LogP contribution in [0.25, 0.3) is 22.5 Å². The van der Waals surface area contributed by atoms with Gasteiger partial charge in [0.2, 0.25) is 11.7 Å². The van der Waals surface area contributed by atoms with E-state index in [9.17, 15) is 4.79 Å². The molecule has 1 fully saturated rings. The smallest absolute Gasteiger partial charge is 0.243 e. The molecule has 29 heavy (non-hydrogen) atoms. The number of aromatic nitrogens is 4. The van der Waals surface area contributed by atoms with E-state index in [0.29, 0.717) is 5.82 Å². The molecule has 0 saturated heterocycles. The summed E-state index contributed by atoms with van der Waals surface area (Å²) in [5, 5.41) is 15.6. The predicted octanol–water partition coefficient (Wildman–Crippen LogP) is 3.46. The van der Waals surface area contributed by atoms with Gasteiger partial charge in [-0.25, -0.2) is 0 Å². The SMILES string of the molecule is COc1ccc(-c2ccc(-c3nnn(CC(=O)NC4CCCCC4)n3)cc2)cc1. The van der Waals surface area contributed by atoms with Crippen LogP contribution >= 0.6 is 0 Å². The molecule has 1 aromatic heterocycles. The second kappa shape index (κ2) is 8.86. The Morgan fingerprint density at radius 2 is 1.62 bits per heavy atom. The summed E-state index contributed by atoms with van der Waals surface area (Å²) in [7, 11) is 1.66. The summed E-state index contributed by atoms with van der Waals surface area (Å²) in [6.07, 6.45) is 5.74. The van der Waals surface area contributed by atoms with Gasteiger partial charge in [-0.2, -0.15) is 4.80 Å². The molecule has 0 spiro atoms. The first-order chi connectivity index (χ1) is 14.2. The fraction of sp³-hybridized carbons (Fsp3) is 0.364. The van der Waals surface area contributed by atoms with E-state index >= 15 is 0 Å². The minimum absolute atomic E-state index is 0.0595. The molecular weight excluding hydrogens is 366 g/mol. The molecule has 150 valence electrons. The molecule has 1 saturated carbocycles. The van der Waals surface area contributed by atoms with Crippen LogP contribution < -0.4 is 10.1 Å². The minimum Gasteiger partial charge on any atom is -0.497 e. The highest BCUT2D eigenvalue weighted by Crippen LogP contribution is 2.24. The molecule has 1 aliphatic carbocycles. The van der Waals surface area contributed by atoms with E-state index in [1.807, 2.05) is 48.5 Å². The third-order valence-electron chi connectivity index (χ3n) is 5.27. The maximum atomic E-state index is 12.2. The fourth-order valence-corrected chi connectivity index (χ4v) is 3.67. The largest absolute Gasteiger partial charge is 0.497 e. The van der Waals surface area contributed by atoms with Crippen molar-refractivity contribution in [3.8, 4) is 28.3 Å². The molecule has 1 aliphatic rings. The van der Waals surface area contributed by atoms with Crippen LogP contribution in [-0.2, 0) is 11.3 Å². The van der Waals surface area contributed by atoms with Crippen LogP contribution in [0.2, 0.25) is 0 Å². The minimum atomic E-state index is -0.0595. The Bertz CT molecular complexity index is 944. The number of nitrogens with zero attached hydrogens (tertiary/aromatic N) is 4. The maximum absolute atomic E-state index is 12.2. The molecule has 1 N–H and O–H groups in total. The lowest BCUT2D eigenvalue weighted by Crippen LogP contribution is -2.38. The van der Waals surface area contributed by atoms with Crippen LogP contribution in [0.1, 0.15) is 32.1 Å². The van der Waals surface area contributed by atoms with E-state index in [2.05, 4.69) is 20.7 Å². The molecule has 7 heteroatoms. The van der Waals surface area contributed by atoms with E-state index in [0.717, 1.165) is 35.3 Å². The second-order valence-electron chi connectivity index (χ2n) is 7.35. The van der Waals surface area contributed by atoms with Crippen molar-refractivity contribution in [1.29, 1.82) is 0 Å². The van der Waals surface area contributed by atoms with Gasteiger partial charge in [0, 0.05) is 11.6 Å². The summed E-state index contributed by atoms with van der Waals surface area (Å²) in [4.78, 5) is 13.6. The van der Waals surface area contributed by atoms with Gasteiger partial charge >= 0.3 is 0 Å². The normalized spacial score (nSPS) is 14.5. The zero-order valence-corrected chi connectivity index (χ0v) is 16.5. The number of tetrazole rings is 1. The van der Waals surface area contributed by atoms with Crippen molar-refractivity contribution >= 4 is 5.91 Å². The first-order valence-electron chi connectivity index (χ1n) is 10.0. The van der Waals surface area contributed by atoms with Crippen molar-refractivity contribution in [2.45, 2.75) is 44.7 Å². The summed E-state index contributed by atoms with van der Waals surface area (Å²) in [5.41, 5.74) is 3.06. The number of hydrogen-bond donors (Lipinski definition) is 1. The Hall–Kier alpha value is -3.22. The molecule has 0 aliphatic heterocycles. The lowest BCUT2D eigenvalue weighted by molar-refractivity contribution is -0.123. The van der Waals surface area contributed by atoms with E-state index in [4.69, 9.17) is 4.74 Å². The number of carbonyl (C=O) groups excluding carboxylic acids is 1. The van der Waals surface area contributed by atoms with Gasteiger partial charge in [-0.05, 0) is 41.3 Å². The zero-order chi connectivity index (χ0) is 20.1. The molecule has 7 nitrogen and oxygen atoms in total. The van der Waals surface area contributed by atoms with Crippen molar-refractivity contribution in [3.63, 3.8) is 0 Å². The molecule has 0 unspecified atom stereocenters. The molecule has 1 heterocycles. The fourth-order valence-electron chi connectivity index (χ4n) is 3.67. The quantitative estimate of drug-likeness (QED) is 0.696. The van der Waals surface area contributed by atoms with Gasteiger partial charge in [0.15, 0.2) is 0 Å². The molecule has 4 rings (SSSR count). The Morgan fingerprint density at radius 3 is 2.28 bits per heavy atom. The molecule has 0 radical (unpaired) electrons. The van der Waals surface area contributed by atoms with Gasteiger partial charge in [-0.15, -0.1) is 10.2 Å². The van der Waals surface area contributed by atoms with E-state index in [1.165, 1.54) is 24.1 Å². The molecule has 2 aromatic carbocycles. The highest BCUT2D eigenvalue weighted by atomic mass is 16.5. The number of amides is 1. The number of carbonyl (C=O) groups is 1. The van der Waals surface area contributed by atoms with Crippen molar-refractivity contribution in [2.75, 3.05) is 7.11 Å². The number of ether oxygens (including phenoxy) is 1. The van der Waals surface area contributed by atoms with Crippen LogP contribution in [0.5, 0.6) is 5.75 Å².